The molecule has 0 atom stereocenters. The van der Waals surface area contributed by atoms with Gasteiger partial charge >= 0.3 is 6.01 Å². The second-order valence-electron chi connectivity index (χ2n) is 5.37. The number of rotatable bonds is 5. The minimum absolute atomic E-state index is 0.0445. The average Bonchev–Trinajstić information content (AvgIpc) is 3.24. The van der Waals surface area contributed by atoms with Crippen LogP contribution in [0.1, 0.15) is 30.2 Å². The molecule has 7 nitrogen and oxygen atoms in total. The maximum atomic E-state index is 12.2. The molecule has 3 aromatic rings. The third-order valence-corrected chi connectivity index (χ3v) is 4.10. The van der Waals surface area contributed by atoms with E-state index in [4.69, 9.17) is 4.42 Å². The lowest BCUT2D eigenvalue weighted by molar-refractivity contribution is 0.102. The summed E-state index contributed by atoms with van der Waals surface area (Å²) in [4.78, 5) is 13.3. The highest BCUT2D eigenvalue weighted by molar-refractivity contribution is 7.98. The number of nitrogens with one attached hydrogen (secondary N) is 1. The van der Waals surface area contributed by atoms with E-state index in [2.05, 4.69) is 20.6 Å². The summed E-state index contributed by atoms with van der Waals surface area (Å²) in [5.74, 6) is -0.0343. The lowest BCUT2D eigenvalue weighted by atomic mass is 10.2. The van der Waals surface area contributed by atoms with Crippen molar-refractivity contribution in [2.45, 2.75) is 24.8 Å². The predicted molar refractivity (Wildman–Crippen MR) is 92.1 cm³/mol. The van der Waals surface area contributed by atoms with Gasteiger partial charge in [0.15, 0.2) is 0 Å². The third-order valence-electron chi connectivity index (χ3n) is 3.35. The molecule has 0 saturated heterocycles. The smallest absolute Gasteiger partial charge is 0.322 e. The fourth-order valence-corrected chi connectivity index (χ4v) is 2.44. The van der Waals surface area contributed by atoms with Crippen LogP contribution in [0.5, 0.6) is 0 Å². The van der Waals surface area contributed by atoms with Gasteiger partial charge in [-0.05, 0) is 50.4 Å². The Morgan fingerprint density at radius 2 is 1.96 bits per heavy atom. The minimum atomic E-state index is -0.300. The molecule has 8 heteroatoms. The Bertz CT molecular complexity index is 838. The van der Waals surface area contributed by atoms with Crippen molar-refractivity contribution in [3.05, 3.63) is 42.1 Å². The van der Waals surface area contributed by atoms with Crippen molar-refractivity contribution >= 4 is 23.7 Å². The van der Waals surface area contributed by atoms with Crippen LogP contribution in [0.25, 0.3) is 11.6 Å². The quantitative estimate of drug-likeness (QED) is 0.714. The number of hydrogen-bond acceptors (Lipinski definition) is 6. The van der Waals surface area contributed by atoms with Crippen molar-refractivity contribution in [3.63, 3.8) is 0 Å². The van der Waals surface area contributed by atoms with E-state index in [0.29, 0.717) is 11.3 Å². The number of carbonyl (C=O) groups is 1. The standard InChI is InChI=1S/C16H17N5O2S/c1-10(2)21-9-8-13(20-21)15-18-19-16(23-15)17-14(22)11-4-6-12(24-3)7-5-11/h4-10H,1-3H3,(H,17,19,22). The summed E-state index contributed by atoms with van der Waals surface area (Å²) in [6.45, 7) is 4.05. The van der Waals surface area contributed by atoms with E-state index in [0.717, 1.165) is 4.90 Å². The van der Waals surface area contributed by atoms with Gasteiger partial charge in [0.2, 0.25) is 0 Å². The molecule has 24 heavy (non-hydrogen) atoms. The molecule has 0 bridgehead atoms. The van der Waals surface area contributed by atoms with Crippen LogP contribution in [0.2, 0.25) is 0 Å². The number of hydrogen-bond donors (Lipinski definition) is 1. The van der Waals surface area contributed by atoms with Crippen LogP contribution in [0.15, 0.2) is 45.8 Å². The van der Waals surface area contributed by atoms with Crippen LogP contribution in [0.4, 0.5) is 6.01 Å². The van der Waals surface area contributed by atoms with Gasteiger partial charge in [-0.1, -0.05) is 5.10 Å². The normalized spacial score (nSPS) is 11.0. The lowest BCUT2D eigenvalue weighted by Gasteiger charge is -2.02. The van der Waals surface area contributed by atoms with Gasteiger partial charge in [0.25, 0.3) is 11.8 Å². The van der Waals surface area contributed by atoms with Crippen LogP contribution in [-0.4, -0.2) is 32.1 Å². The summed E-state index contributed by atoms with van der Waals surface area (Å²) in [5, 5.41) is 14.7. The number of nitrogens with zero attached hydrogens (tertiary/aromatic N) is 4. The van der Waals surface area contributed by atoms with Crippen LogP contribution in [0, 0.1) is 0 Å². The minimum Gasteiger partial charge on any atom is -0.401 e. The number of thioether (sulfide) groups is 1. The Morgan fingerprint density at radius 1 is 1.21 bits per heavy atom. The Hall–Kier alpha value is -2.61. The second-order valence-corrected chi connectivity index (χ2v) is 6.25. The molecule has 0 unspecified atom stereocenters. The van der Waals surface area contributed by atoms with E-state index in [-0.39, 0.29) is 23.9 Å². The van der Waals surface area contributed by atoms with Crippen LogP contribution < -0.4 is 5.32 Å². The van der Waals surface area contributed by atoms with E-state index in [1.54, 1.807) is 34.6 Å². The number of carbonyl (C=O) groups excluding carboxylic acids is 1. The van der Waals surface area contributed by atoms with Gasteiger partial charge < -0.3 is 4.42 Å². The van der Waals surface area contributed by atoms with E-state index >= 15 is 0 Å². The zero-order valence-electron chi connectivity index (χ0n) is 13.6. The molecule has 0 radical (unpaired) electrons. The van der Waals surface area contributed by atoms with Crippen molar-refractivity contribution in [2.24, 2.45) is 0 Å². The van der Waals surface area contributed by atoms with Gasteiger partial charge in [-0.2, -0.15) is 5.10 Å². The summed E-state index contributed by atoms with van der Waals surface area (Å²) >= 11 is 1.62. The maximum Gasteiger partial charge on any atom is 0.322 e. The molecule has 0 fully saturated rings. The number of amides is 1. The van der Waals surface area contributed by atoms with Gasteiger partial charge in [-0.25, -0.2) is 0 Å². The molecule has 0 saturated carbocycles. The van der Waals surface area contributed by atoms with Gasteiger partial charge in [0.1, 0.15) is 5.69 Å². The first-order chi connectivity index (χ1) is 11.6. The van der Waals surface area contributed by atoms with Crippen molar-refractivity contribution in [3.8, 4) is 11.6 Å². The topological polar surface area (TPSA) is 85.8 Å². The first-order valence-electron chi connectivity index (χ1n) is 7.41. The molecule has 3 rings (SSSR count). The largest absolute Gasteiger partial charge is 0.401 e. The highest BCUT2D eigenvalue weighted by atomic mass is 32.2. The van der Waals surface area contributed by atoms with Crippen LogP contribution in [-0.2, 0) is 0 Å². The SMILES string of the molecule is CSc1ccc(C(=O)Nc2nnc(-c3ccn(C(C)C)n3)o2)cc1. The van der Waals surface area contributed by atoms with Crippen molar-refractivity contribution < 1.29 is 9.21 Å². The molecule has 0 spiro atoms. The van der Waals surface area contributed by atoms with Crippen molar-refractivity contribution in [1.29, 1.82) is 0 Å². The number of benzene rings is 1. The number of aromatic nitrogens is 4. The van der Waals surface area contributed by atoms with Crippen molar-refractivity contribution in [1.82, 2.24) is 20.0 Å². The monoisotopic (exact) mass is 343 g/mol. The van der Waals surface area contributed by atoms with E-state index < -0.39 is 0 Å². The summed E-state index contributed by atoms with van der Waals surface area (Å²) in [5.41, 5.74) is 1.10. The summed E-state index contributed by atoms with van der Waals surface area (Å²) in [6, 6.07) is 9.36. The summed E-state index contributed by atoms with van der Waals surface area (Å²) in [7, 11) is 0. The molecule has 1 amide bonds. The van der Waals surface area contributed by atoms with E-state index in [1.807, 2.05) is 38.4 Å². The Labute approximate surface area is 143 Å². The molecule has 124 valence electrons. The highest BCUT2D eigenvalue weighted by Crippen LogP contribution is 2.20. The third kappa shape index (κ3) is 3.48. The van der Waals surface area contributed by atoms with Crippen LogP contribution in [0.3, 0.4) is 0 Å². The lowest BCUT2D eigenvalue weighted by Crippen LogP contribution is -2.11. The molecular weight excluding hydrogens is 326 g/mol. The predicted octanol–water partition coefficient (Wildman–Crippen LogP) is 3.49. The molecule has 2 heterocycles. The Balaban J connectivity index is 1.71. The molecular formula is C16H17N5O2S. The fraction of sp³-hybridized carbons (Fsp3) is 0.250. The maximum absolute atomic E-state index is 12.2. The fourth-order valence-electron chi connectivity index (χ4n) is 2.03. The molecule has 1 N–H and O–H groups in total. The second kappa shape index (κ2) is 6.88. The average molecular weight is 343 g/mol. The van der Waals surface area contributed by atoms with Gasteiger partial charge in [-0.15, -0.1) is 16.9 Å². The first kappa shape index (κ1) is 16.3. The van der Waals surface area contributed by atoms with Crippen molar-refractivity contribution in [2.75, 3.05) is 11.6 Å². The Kier molecular flexibility index (Phi) is 4.66. The zero-order chi connectivity index (χ0) is 17.1. The van der Waals surface area contributed by atoms with E-state index in [1.165, 1.54) is 0 Å². The molecule has 0 aliphatic heterocycles. The zero-order valence-corrected chi connectivity index (χ0v) is 14.4. The molecule has 0 aliphatic carbocycles. The summed E-state index contributed by atoms with van der Waals surface area (Å²) in [6.07, 6.45) is 3.82. The highest BCUT2D eigenvalue weighted by Gasteiger charge is 2.15. The summed E-state index contributed by atoms with van der Waals surface area (Å²) < 4.78 is 7.26. The van der Waals surface area contributed by atoms with Gasteiger partial charge in [0.05, 0.1) is 0 Å². The molecule has 1 aromatic carbocycles. The van der Waals surface area contributed by atoms with E-state index in [9.17, 15) is 4.79 Å². The first-order valence-corrected chi connectivity index (χ1v) is 8.63. The number of anilines is 1. The van der Waals surface area contributed by atoms with Crippen LogP contribution >= 0.6 is 11.8 Å². The molecule has 2 aromatic heterocycles. The van der Waals surface area contributed by atoms with Gasteiger partial charge in [-0.3, -0.25) is 14.8 Å². The Morgan fingerprint density at radius 3 is 2.58 bits per heavy atom. The molecule has 0 aliphatic rings. The van der Waals surface area contributed by atoms with Gasteiger partial charge in [0, 0.05) is 22.7 Å².